The lowest BCUT2D eigenvalue weighted by Crippen LogP contribution is -1.98. The predicted octanol–water partition coefficient (Wildman–Crippen LogP) is 2.52. The van der Waals surface area contributed by atoms with E-state index in [4.69, 9.17) is 4.55 Å². The summed E-state index contributed by atoms with van der Waals surface area (Å²) in [4.78, 5) is -0.207. The fraction of sp³-hybridized carbons (Fsp3) is 0. The molecule has 0 saturated carbocycles. The molecule has 5 nitrogen and oxygen atoms in total. The van der Waals surface area contributed by atoms with Gasteiger partial charge < -0.3 is 0 Å². The first-order chi connectivity index (χ1) is 9.47. The third-order valence-corrected chi connectivity index (χ3v) is 3.32. The average Bonchev–Trinajstić information content (AvgIpc) is 2.40. The number of halogens is 1. The lowest BCUT2D eigenvalue weighted by Gasteiger charge is -2.01. The highest BCUT2D eigenvalue weighted by Crippen LogP contribution is 2.13. The Labute approximate surface area is 115 Å². The molecule has 0 aromatic heterocycles. The van der Waals surface area contributed by atoms with Crippen LogP contribution >= 0.6 is 0 Å². The van der Waals surface area contributed by atoms with E-state index < -0.39 is 10.1 Å². The Hall–Kier alpha value is -2.25. The molecule has 0 bridgehead atoms. The molecule has 2 rings (SSSR count). The van der Waals surface area contributed by atoms with E-state index in [0.717, 1.165) is 0 Å². The summed E-state index contributed by atoms with van der Waals surface area (Å²) in [6, 6.07) is 11.5. The molecule has 0 atom stereocenters. The average molecular weight is 294 g/mol. The molecule has 0 unspecified atom stereocenters. The van der Waals surface area contributed by atoms with Gasteiger partial charge in [-0.3, -0.25) is 9.98 Å². The molecule has 0 heterocycles. The van der Waals surface area contributed by atoms with Crippen LogP contribution in [0.1, 0.15) is 5.56 Å². The van der Waals surface area contributed by atoms with E-state index >= 15 is 0 Å². The predicted molar refractivity (Wildman–Crippen MR) is 73.9 cm³/mol. The van der Waals surface area contributed by atoms with Crippen molar-refractivity contribution in [2.75, 3.05) is 5.43 Å². The van der Waals surface area contributed by atoms with Gasteiger partial charge in [0.05, 0.1) is 16.8 Å². The smallest absolute Gasteiger partial charge is 0.282 e. The normalized spacial score (nSPS) is 11.7. The summed E-state index contributed by atoms with van der Waals surface area (Å²) in [5, 5.41) is 3.84. The molecule has 0 spiro atoms. The van der Waals surface area contributed by atoms with Crippen molar-refractivity contribution >= 4 is 22.0 Å². The largest absolute Gasteiger partial charge is 0.294 e. The van der Waals surface area contributed by atoms with Gasteiger partial charge in [0.1, 0.15) is 5.82 Å². The van der Waals surface area contributed by atoms with E-state index in [0.29, 0.717) is 11.3 Å². The van der Waals surface area contributed by atoms with Crippen LogP contribution < -0.4 is 5.43 Å². The van der Waals surface area contributed by atoms with Gasteiger partial charge in [-0.25, -0.2) is 4.39 Å². The van der Waals surface area contributed by atoms with Crippen LogP contribution in [0.2, 0.25) is 0 Å². The SMILES string of the molecule is O=S(=O)(O)c1ccc(N/N=C\c2ccccc2F)cc1. The van der Waals surface area contributed by atoms with Crippen molar-refractivity contribution in [1.29, 1.82) is 0 Å². The number of nitrogens with zero attached hydrogens (tertiary/aromatic N) is 1. The Morgan fingerprint density at radius 3 is 2.35 bits per heavy atom. The van der Waals surface area contributed by atoms with E-state index in [1.807, 2.05) is 0 Å². The van der Waals surface area contributed by atoms with Crippen LogP contribution in [-0.2, 0) is 10.1 Å². The van der Waals surface area contributed by atoms with Gasteiger partial charge in [0.15, 0.2) is 0 Å². The quantitative estimate of drug-likeness (QED) is 0.516. The van der Waals surface area contributed by atoms with Crippen LogP contribution in [0.15, 0.2) is 58.5 Å². The van der Waals surface area contributed by atoms with E-state index in [1.165, 1.54) is 36.5 Å². The van der Waals surface area contributed by atoms with Crippen molar-refractivity contribution in [1.82, 2.24) is 0 Å². The van der Waals surface area contributed by atoms with Gasteiger partial charge in [0.2, 0.25) is 0 Å². The lowest BCUT2D eigenvalue weighted by atomic mass is 10.2. The van der Waals surface area contributed by atoms with Gasteiger partial charge in [-0.2, -0.15) is 13.5 Å². The standard InChI is InChI=1S/C13H11FN2O3S/c14-13-4-2-1-3-10(13)9-15-16-11-5-7-12(8-6-11)20(17,18)19/h1-9,16H,(H,17,18,19)/b15-9-. The summed E-state index contributed by atoms with van der Waals surface area (Å²) in [6.45, 7) is 0. The summed E-state index contributed by atoms with van der Waals surface area (Å²) in [5.74, 6) is -0.389. The maximum absolute atomic E-state index is 13.3. The van der Waals surface area contributed by atoms with E-state index in [-0.39, 0.29) is 10.7 Å². The summed E-state index contributed by atoms with van der Waals surface area (Å²) < 4.78 is 43.8. The topological polar surface area (TPSA) is 78.8 Å². The fourth-order valence-corrected chi connectivity index (χ4v) is 1.94. The minimum absolute atomic E-state index is 0.207. The minimum Gasteiger partial charge on any atom is -0.282 e. The third kappa shape index (κ3) is 3.62. The summed E-state index contributed by atoms with van der Waals surface area (Å²) >= 11 is 0. The summed E-state index contributed by atoms with van der Waals surface area (Å²) in [7, 11) is -4.20. The number of hydrogen-bond donors (Lipinski definition) is 2. The highest BCUT2D eigenvalue weighted by atomic mass is 32.2. The fourth-order valence-electron chi connectivity index (χ4n) is 1.46. The molecule has 0 aliphatic carbocycles. The number of nitrogens with one attached hydrogen (secondary N) is 1. The van der Waals surface area contributed by atoms with E-state index in [2.05, 4.69) is 10.5 Å². The number of hydrazone groups is 1. The van der Waals surface area contributed by atoms with Crippen LogP contribution in [0.25, 0.3) is 0 Å². The maximum Gasteiger partial charge on any atom is 0.294 e. The highest BCUT2D eigenvalue weighted by Gasteiger charge is 2.07. The van der Waals surface area contributed by atoms with Crippen molar-refractivity contribution < 1.29 is 17.4 Å². The van der Waals surface area contributed by atoms with Crippen LogP contribution in [0, 0.1) is 5.82 Å². The molecule has 2 aromatic rings. The number of anilines is 1. The third-order valence-electron chi connectivity index (χ3n) is 2.45. The molecular formula is C13H11FN2O3S. The van der Waals surface area contributed by atoms with Crippen molar-refractivity contribution in [2.24, 2.45) is 5.10 Å². The van der Waals surface area contributed by atoms with E-state index in [1.54, 1.807) is 18.2 Å². The van der Waals surface area contributed by atoms with Crippen LogP contribution in [-0.4, -0.2) is 19.2 Å². The summed E-state index contributed by atoms with van der Waals surface area (Å²) in [6.07, 6.45) is 1.31. The molecule has 0 radical (unpaired) electrons. The second-order valence-electron chi connectivity index (χ2n) is 3.89. The lowest BCUT2D eigenvalue weighted by molar-refractivity contribution is 0.483. The van der Waals surface area contributed by atoms with Crippen molar-refractivity contribution in [3.63, 3.8) is 0 Å². The molecule has 0 fully saturated rings. The maximum atomic E-state index is 13.3. The van der Waals surface area contributed by atoms with Crippen LogP contribution in [0.5, 0.6) is 0 Å². The molecule has 0 aliphatic rings. The first-order valence-electron chi connectivity index (χ1n) is 5.58. The number of benzene rings is 2. The van der Waals surface area contributed by atoms with Gasteiger partial charge in [-0.15, -0.1) is 0 Å². The molecule has 0 saturated heterocycles. The Bertz CT molecular complexity index is 728. The van der Waals surface area contributed by atoms with Gasteiger partial charge in [0, 0.05) is 5.56 Å². The Kier molecular flexibility index (Phi) is 4.11. The van der Waals surface area contributed by atoms with E-state index in [9.17, 15) is 12.8 Å². The second-order valence-corrected chi connectivity index (χ2v) is 5.31. The van der Waals surface area contributed by atoms with Crippen LogP contribution in [0.3, 0.4) is 0 Å². The van der Waals surface area contributed by atoms with Crippen molar-refractivity contribution in [2.45, 2.75) is 4.90 Å². The van der Waals surface area contributed by atoms with Gasteiger partial charge in [-0.1, -0.05) is 18.2 Å². The van der Waals surface area contributed by atoms with Gasteiger partial charge in [-0.05, 0) is 30.3 Å². The first kappa shape index (κ1) is 14.2. The zero-order valence-electron chi connectivity index (χ0n) is 10.2. The zero-order chi connectivity index (χ0) is 14.6. The van der Waals surface area contributed by atoms with Gasteiger partial charge in [0.25, 0.3) is 10.1 Å². The molecule has 104 valence electrons. The van der Waals surface area contributed by atoms with Gasteiger partial charge >= 0.3 is 0 Å². The molecule has 0 aliphatic heterocycles. The molecule has 7 heteroatoms. The second kappa shape index (κ2) is 5.81. The molecule has 2 aromatic carbocycles. The molecular weight excluding hydrogens is 283 g/mol. The summed E-state index contributed by atoms with van der Waals surface area (Å²) in [5.41, 5.74) is 3.46. The molecule has 2 N–H and O–H groups in total. The zero-order valence-corrected chi connectivity index (χ0v) is 11.0. The Morgan fingerprint density at radius 1 is 1.10 bits per heavy atom. The number of hydrogen-bond acceptors (Lipinski definition) is 4. The van der Waals surface area contributed by atoms with Crippen molar-refractivity contribution in [3.8, 4) is 0 Å². The molecule has 0 amide bonds. The Morgan fingerprint density at radius 2 is 1.75 bits per heavy atom. The Balaban J connectivity index is 2.07. The van der Waals surface area contributed by atoms with Crippen molar-refractivity contribution in [3.05, 3.63) is 59.9 Å². The minimum atomic E-state index is -4.20. The molecule has 20 heavy (non-hydrogen) atoms. The monoisotopic (exact) mass is 294 g/mol. The van der Waals surface area contributed by atoms with Crippen LogP contribution in [0.4, 0.5) is 10.1 Å². The number of rotatable bonds is 4. The first-order valence-corrected chi connectivity index (χ1v) is 7.02. The highest BCUT2D eigenvalue weighted by molar-refractivity contribution is 7.85.